The van der Waals surface area contributed by atoms with Crippen LogP contribution < -0.4 is 5.32 Å². The Morgan fingerprint density at radius 1 is 1.11 bits per heavy atom. The molecule has 0 atom stereocenters. The van der Waals surface area contributed by atoms with Crippen LogP contribution in [0.3, 0.4) is 0 Å². The molecule has 1 aromatic heterocycles. The van der Waals surface area contributed by atoms with Crippen LogP contribution in [0.2, 0.25) is 5.15 Å². The van der Waals surface area contributed by atoms with Gasteiger partial charge in [-0.25, -0.2) is 23.1 Å². The third-order valence-electron chi connectivity index (χ3n) is 2.17. The van der Waals surface area contributed by atoms with Crippen LogP contribution in [0.5, 0.6) is 0 Å². The van der Waals surface area contributed by atoms with E-state index in [1.54, 1.807) is 0 Å². The van der Waals surface area contributed by atoms with Crippen molar-refractivity contribution in [2.75, 3.05) is 5.32 Å². The Labute approximate surface area is 110 Å². The number of hydrogen-bond donors (Lipinski definition) is 1. The van der Waals surface area contributed by atoms with Gasteiger partial charge in [0.25, 0.3) is 5.91 Å². The van der Waals surface area contributed by atoms with Gasteiger partial charge in [-0.3, -0.25) is 4.79 Å². The van der Waals surface area contributed by atoms with Crippen LogP contribution >= 0.6 is 11.6 Å². The topological polar surface area (TPSA) is 54.9 Å². The van der Waals surface area contributed by atoms with Gasteiger partial charge in [-0.1, -0.05) is 11.6 Å². The van der Waals surface area contributed by atoms with Crippen molar-refractivity contribution in [1.82, 2.24) is 9.97 Å². The van der Waals surface area contributed by atoms with Gasteiger partial charge in [0.15, 0.2) is 28.4 Å². The van der Waals surface area contributed by atoms with Crippen LogP contribution in [0.1, 0.15) is 10.4 Å². The van der Waals surface area contributed by atoms with Crippen LogP contribution in [-0.2, 0) is 0 Å². The lowest BCUT2D eigenvalue weighted by Gasteiger charge is -2.06. The number of nitrogens with one attached hydrogen (secondary N) is 1. The number of carbonyl (C=O) groups is 1. The fraction of sp³-hybridized carbons (Fsp3) is 0. The number of hydrogen-bond acceptors (Lipinski definition) is 3. The molecule has 8 heteroatoms. The van der Waals surface area contributed by atoms with Crippen molar-refractivity contribution >= 4 is 23.3 Å². The minimum Gasteiger partial charge on any atom is -0.304 e. The fourth-order valence-electron chi connectivity index (χ4n) is 1.28. The molecule has 0 radical (unpaired) electrons. The summed E-state index contributed by atoms with van der Waals surface area (Å²) in [6.07, 6.45) is 2.54. The summed E-state index contributed by atoms with van der Waals surface area (Å²) < 4.78 is 39.1. The van der Waals surface area contributed by atoms with Gasteiger partial charge in [0, 0.05) is 12.4 Å². The third kappa shape index (κ3) is 2.65. The minimum absolute atomic E-state index is 0.112. The van der Waals surface area contributed by atoms with Gasteiger partial charge in [0.1, 0.15) is 0 Å². The second-order valence-corrected chi connectivity index (χ2v) is 3.73. The first kappa shape index (κ1) is 13.3. The maximum absolute atomic E-state index is 13.4. The van der Waals surface area contributed by atoms with Gasteiger partial charge in [-0.2, -0.15) is 0 Å². The smallest absolute Gasteiger partial charge is 0.259 e. The molecule has 0 aliphatic carbocycles. The summed E-state index contributed by atoms with van der Waals surface area (Å²) in [5, 5.41) is 2.03. The number of rotatable bonds is 2. The molecule has 2 aromatic rings. The van der Waals surface area contributed by atoms with E-state index in [-0.39, 0.29) is 11.0 Å². The van der Waals surface area contributed by atoms with Crippen LogP contribution in [0.4, 0.5) is 19.0 Å². The first-order valence-electron chi connectivity index (χ1n) is 4.92. The molecule has 2 rings (SSSR count). The molecule has 98 valence electrons. The average Bonchev–Trinajstić information content (AvgIpc) is 2.39. The molecule has 0 fully saturated rings. The zero-order chi connectivity index (χ0) is 14.0. The maximum Gasteiger partial charge on any atom is 0.259 e. The third-order valence-corrected chi connectivity index (χ3v) is 2.44. The lowest BCUT2D eigenvalue weighted by Crippen LogP contribution is -2.16. The molecule has 1 aromatic carbocycles. The predicted octanol–water partition coefficient (Wildman–Crippen LogP) is 2.80. The second kappa shape index (κ2) is 5.23. The molecule has 1 heterocycles. The lowest BCUT2D eigenvalue weighted by molar-refractivity contribution is 0.102. The molecule has 0 aliphatic heterocycles. The van der Waals surface area contributed by atoms with Crippen molar-refractivity contribution in [1.29, 1.82) is 0 Å². The highest BCUT2D eigenvalue weighted by molar-refractivity contribution is 6.32. The molecule has 19 heavy (non-hydrogen) atoms. The molecule has 0 saturated heterocycles. The van der Waals surface area contributed by atoms with E-state index in [4.69, 9.17) is 11.6 Å². The summed E-state index contributed by atoms with van der Waals surface area (Å²) in [6, 6.07) is 1.46. The van der Waals surface area contributed by atoms with Crippen LogP contribution in [-0.4, -0.2) is 15.9 Å². The number of aromatic nitrogens is 2. The number of carbonyl (C=O) groups excluding carboxylic acids is 1. The van der Waals surface area contributed by atoms with Crippen molar-refractivity contribution in [3.8, 4) is 0 Å². The highest BCUT2D eigenvalue weighted by atomic mass is 35.5. The summed E-state index contributed by atoms with van der Waals surface area (Å²) >= 11 is 5.64. The van der Waals surface area contributed by atoms with E-state index >= 15 is 0 Å². The molecule has 0 spiro atoms. The molecular weight excluding hydrogens is 283 g/mol. The van der Waals surface area contributed by atoms with Gasteiger partial charge >= 0.3 is 0 Å². The zero-order valence-electron chi connectivity index (χ0n) is 9.12. The first-order chi connectivity index (χ1) is 9.00. The molecule has 1 N–H and O–H groups in total. The largest absolute Gasteiger partial charge is 0.304 e. The average molecular weight is 288 g/mol. The minimum atomic E-state index is -1.72. The van der Waals surface area contributed by atoms with Crippen LogP contribution in [0.25, 0.3) is 0 Å². The summed E-state index contributed by atoms with van der Waals surface area (Å²) in [6.45, 7) is 0. The molecule has 0 bridgehead atoms. The second-order valence-electron chi connectivity index (χ2n) is 3.37. The Morgan fingerprint density at radius 2 is 1.79 bits per heavy atom. The van der Waals surface area contributed by atoms with Gasteiger partial charge in [-0.05, 0) is 12.1 Å². The monoisotopic (exact) mass is 287 g/mol. The van der Waals surface area contributed by atoms with Gasteiger partial charge in [-0.15, -0.1) is 0 Å². The number of halogens is 4. The number of amides is 1. The Morgan fingerprint density at radius 3 is 2.47 bits per heavy atom. The molecule has 0 saturated carbocycles. The van der Waals surface area contributed by atoms with Crippen LogP contribution in [0.15, 0.2) is 24.5 Å². The van der Waals surface area contributed by atoms with E-state index in [2.05, 4.69) is 15.3 Å². The maximum atomic E-state index is 13.4. The van der Waals surface area contributed by atoms with Gasteiger partial charge in [0.2, 0.25) is 0 Å². The Balaban J connectivity index is 2.31. The van der Waals surface area contributed by atoms with Crippen molar-refractivity contribution in [3.05, 3.63) is 52.7 Å². The molecule has 0 aliphatic rings. The van der Waals surface area contributed by atoms with E-state index in [0.29, 0.717) is 6.07 Å². The summed E-state index contributed by atoms with van der Waals surface area (Å²) in [7, 11) is 0. The molecular formula is C11H5ClF3N3O. The quantitative estimate of drug-likeness (QED) is 0.864. The summed E-state index contributed by atoms with van der Waals surface area (Å²) in [5.74, 6) is -5.82. The van der Waals surface area contributed by atoms with E-state index < -0.39 is 28.9 Å². The number of anilines is 1. The van der Waals surface area contributed by atoms with Crippen molar-refractivity contribution < 1.29 is 18.0 Å². The SMILES string of the molecule is O=C(Nc1nccnc1Cl)c1ccc(F)c(F)c1F. The highest BCUT2D eigenvalue weighted by Gasteiger charge is 2.19. The fourth-order valence-corrected chi connectivity index (χ4v) is 1.43. The predicted molar refractivity (Wildman–Crippen MR) is 61.3 cm³/mol. The van der Waals surface area contributed by atoms with Crippen LogP contribution in [0, 0.1) is 17.5 Å². The summed E-state index contributed by atoms with van der Waals surface area (Å²) in [5.41, 5.74) is -0.666. The Kier molecular flexibility index (Phi) is 3.66. The van der Waals surface area contributed by atoms with Gasteiger partial charge in [0.05, 0.1) is 5.56 Å². The normalized spacial score (nSPS) is 10.3. The van der Waals surface area contributed by atoms with E-state index in [0.717, 1.165) is 6.07 Å². The van der Waals surface area contributed by atoms with Crippen molar-refractivity contribution in [2.24, 2.45) is 0 Å². The Bertz CT molecular complexity index is 651. The molecule has 4 nitrogen and oxygen atoms in total. The van der Waals surface area contributed by atoms with Crippen molar-refractivity contribution in [2.45, 2.75) is 0 Å². The number of benzene rings is 1. The van der Waals surface area contributed by atoms with E-state index in [9.17, 15) is 18.0 Å². The Hall–Kier alpha value is -2.15. The first-order valence-corrected chi connectivity index (χ1v) is 5.30. The standard InChI is InChI=1S/C11H5ClF3N3O/c12-9-10(17-4-3-16-9)18-11(19)5-1-2-6(13)8(15)7(5)14/h1-4H,(H,17,18,19). The number of nitrogens with zero attached hydrogens (tertiary/aromatic N) is 2. The zero-order valence-corrected chi connectivity index (χ0v) is 9.88. The lowest BCUT2D eigenvalue weighted by atomic mass is 10.2. The van der Waals surface area contributed by atoms with Gasteiger partial charge < -0.3 is 5.32 Å². The highest BCUT2D eigenvalue weighted by Crippen LogP contribution is 2.19. The molecule has 1 amide bonds. The van der Waals surface area contributed by atoms with E-state index in [1.165, 1.54) is 12.4 Å². The van der Waals surface area contributed by atoms with E-state index in [1.807, 2.05) is 0 Å². The van der Waals surface area contributed by atoms with Crippen molar-refractivity contribution in [3.63, 3.8) is 0 Å². The molecule has 0 unspecified atom stereocenters. The summed E-state index contributed by atoms with van der Waals surface area (Å²) in [4.78, 5) is 19.0.